The molecule has 0 aliphatic rings. The van der Waals surface area contributed by atoms with Crippen molar-refractivity contribution in [3.63, 3.8) is 0 Å². The van der Waals surface area contributed by atoms with E-state index in [1.54, 1.807) is 0 Å². The van der Waals surface area contributed by atoms with E-state index in [1.165, 1.54) is 11.1 Å². The van der Waals surface area contributed by atoms with E-state index in [1.807, 2.05) is 0 Å². The number of rotatable bonds is 4. The fraction of sp³-hybridized carbons (Fsp3) is 0.647. The third-order valence-electron chi connectivity index (χ3n) is 3.19. The van der Waals surface area contributed by atoms with Gasteiger partial charge in [0, 0.05) is 5.88 Å². The maximum atomic E-state index is 5.89. The Morgan fingerprint density at radius 2 is 1.63 bits per heavy atom. The molecule has 108 valence electrons. The average Bonchev–Trinajstić information content (AvgIpc) is 2.27. The van der Waals surface area contributed by atoms with Gasteiger partial charge in [-0.3, -0.25) is 0 Å². The highest BCUT2D eigenvalue weighted by Crippen LogP contribution is 2.35. The molecule has 0 N–H and O–H groups in total. The van der Waals surface area contributed by atoms with Crippen molar-refractivity contribution >= 4 is 11.6 Å². The van der Waals surface area contributed by atoms with Crippen LogP contribution in [0.2, 0.25) is 0 Å². The first-order chi connectivity index (χ1) is 8.66. The van der Waals surface area contributed by atoms with Crippen molar-refractivity contribution in [3.8, 4) is 5.75 Å². The molecule has 0 aromatic heterocycles. The lowest BCUT2D eigenvalue weighted by Gasteiger charge is -2.27. The van der Waals surface area contributed by atoms with E-state index in [9.17, 15) is 0 Å². The van der Waals surface area contributed by atoms with Crippen LogP contribution in [0.3, 0.4) is 0 Å². The van der Waals surface area contributed by atoms with E-state index in [-0.39, 0.29) is 10.8 Å². The van der Waals surface area contributed by atoms with Crippen molar-refractivity contribution in [3.05, 3.63) is 29.3 Å². The van der Waals surface area contributed by atoms with Crippen LogP contribution in [-0.4, -0.2) is 12.5 Å². The van der Waals surface area contributed by atoms with Gasteiger partial charge in [0.2, 0.25) is 0 Å². The summed E-state index contributed by atoms with van der Waals surface area (Å²) in [6, 6.07) is 6.57. The SMILES string of the molecule is CC(C)(C)c1ccc(OCCCCl)c(C(C)(C)C)c1. The summed E-state index contributed by atoms with van der Waals surface area (Å²) in [6.45, 7) is 14.1. The third-order valence-corrected chi connectivity index (χ3v) is 3.46. The van der Waals surface area contributed by atoms with E-state index in [2.05, 4.69) is 59.7 Å². The Kier molecular flexibility index (Phi) is 5.32. The Morgan fingerprint density at radius 1 is 1.00 bits per heavy atom. The predicted molar refractivity (Wildman–Crippen MR) is 84.7 cm³/mol. The van der Waals surface area contributed by atoms with Gasteiger partial charge in [-0.2, -0.15) is 0 Å². The van der Waals surface area contributed by atoms with Crippen LogP contribution in [0, 0.1) is 0 Å². The first-order valence-electron chi connectivity index (χ1n) is 7.00. The molecule has 0 radical (unpaired) electrons. The van der Waals surface area contributed by atoms with E-state index in [4.69, 9.17) is 16.3 Å². The Bertz CT molecular complexity index is 410. The maximum absolute atomic E-state index is 5.89. The fourth-order valence-corrected chi connectivity index (χ4v) is 2.05. The van der Waals surface area contributed by atoms with Crippen molar-refractivity contribution in [1.82, 2.24) is 0 Å². The third kappa shape index (κ3) is 4.72. The molecule has 0 saturated carbocycles. The van der Waals surface area contributed by atoms with Crippen molar-refractivity contribution < 1.29 is 4.74 Å². The van der Waals surface area contributed by atoms with Gasteiger partial charge < -0.3 is 4.74 Å². The Morgan fingerprint density at radius 3 is 2.11 bits per heavy atom. The number of hydrogen-bond donors (Lipinski definition) is 0. The van der Waals surface area contributed by atoms with Gasteiger partial charge in [-0.05, 0) is 34.4 Å². The molecule has 0 amide bonds. The van der Waals surface area contributed by atoms with Gasteiger partial charge in [-0.1, -0.05) is 53.7 Å². The second kappa shape index (κ2) is 6.17. The van der Waals surface area contributed by atoms with Crippen LogP contribution >= 0.6 is 11.6 Å². The normalized spacial score (nSPS) is 12.6. The summed E-state index contributed by atoms with van der Waals surface area (Å²) >= 11 is 5.70. The lowest BCUT2D eigenvalue weighted by atomic mass is 9.80. The molecular formula is C17H27ClO. The van der Waals surface area contributed by atoms with Gasteiger partial charge in [-0.25, -0.2) is 0 Å². The molecule has 2 heteroatoms. The number of halogens is 1. The summed E-state index contributed by atoms with van der Waals surface area (Å²) in [6.07, 6.45) is 0.881. The van der Waals surface area contributed by atoms with Crippen LogP contribution in [0.5, 0.6) is 5.75 Å². The first kappa shape index (κ1) is 16.4. The van der Waals surface area contributed by atoms with E-state index in [0.29, 0.717) is 12.5 Å². The van der Waals surface area contributed by atoms with Crippen molar-refractivity contribution in [2.24, 2.45) is 0 Å². The zero-order valence-corrected chi connectivity index (χ0v) is 13.9. The fourth-order valence-electron chi connectivity index (χ4n) is 1.95. The van der Waals surface area contributed by atoms with Gasteiger partial charge in [0.1, 0.15) is 5.75 Å². The summed E-state index contributed by atoms with van der Waals surface area (Å²) in [5.74, 6) is 1.64. The molecule has 0 saturated heterocycles. The quantitative estimate of drug-likeness (QED) is 0.539. The smallest absolute Gasteiger partial charge is 0.123 e. The van der Waals surface area contributed by atoms with Crippen LogP contribution in [-0.2, 0) is 10.8 Å². The lowest BCUT2D eigenvalue weighted by Crippen LogP contribution is -2.18. The Labute approximate surface area is 123 Å². The van der Waals surface area contributed by atoms with Crippen LogP contribution in [0.1, 0.15) is 59.1 Å². The second-order valence-corrected chi connectivity index (χ2v) is 7.48. The molecule has 0 fully saturated rings. The molecule has 0 aliphatic heterocycles. The summed E-state index contributed by atoms with van der Waals surface area (Å²) in [4.78, 5) is 0. The summed E-state index contributed by atoms with van der Waals surface area (Å²) in [7, 11) is 0. The molecule has 19 heavy (non-hydrogen) atoms. The van der Waals surface area contributed by atoms with Crippen molar-refractivity contribution in [2.75, 3.05) is 12.5 Å². The molecule has 1 aromatic rings. The standard InChI is InChI=1S/C17H27ClO/c1-16(2,3)13-8-9-15(19-11-7-10-18)14(12-13)17(4,5)6/h8-9,12H,7,10-11H2,1-6H3. The zero-order chi connectivity index (χ0) is 14.7. The largest absolute Gasteiger partial charge is 0.493 e. The maximum Gasteiger partial charge on any atom is 0.123 e. The van der Waals surface area contributed by atoms with E-state index < -0.39 is 0 Å². The van der Waals surface area contributed by atoms with Crippen molar-refractivity contribution in [2.45, 2.75) is 58.8 Å². The zero-order valence-electron chi connectivity index (χ0n) is 13.1. The molecular weight excluding hydrogens is 256 g/mol. The van der Waals surface area contributed by atoms with Crippen LogP contribution in [0.4, 0.5) is 0 Å². The lowest BCUT2D eigenvalue weighted by molar-refractivity contribution is 0.309. The molecule has 1 nitrogen and oxygen atoms in total. The highest BCUT2D eigenvalue weighted by atomic mass is 35.5. The van der Waals surface area contributed by atoms with Gasteiger partial charge in [0.25, 0.3) is 0 Å². The van der Waals surface area contributed by atoms with Crippen LogP contribution in [0.25, 0.3) is 0 Å². The highest BCUT2D eigenvalue weighted by molar-refractivity contribution is 6.17. The molecule has 1 aromatic carbocycles. The molecule has 0 unspecified atom stereocenters. The van der Waals surface area contributed by atoms with Gasteiger partial charge >= 0.3 is 0 Å². The monoisotopic (exact) mass is 282 g/mol. The highest BCUT2D eigenvalue weighted by Gasteiger charge is 2.22. The number of benzene rings is 1. The Hall–Kier alpha value is -0.690. The van der Waals surface area contributed by atoms with E-state index >= 15 is 0 Å². The van der Waals surface area contributed by atoms with Gasteiger partial charge in [0.05, 0.1) is 6.61 Å². The molecule has 1 rings (SSSR count). The minimum absolute atomic E-state index is 0.0809. The van der Waals surface area contributed by atoms with Crippen molar-refractivity contribution in [1.29, 1.82) is 0 Å². The number of ether oxygens (including phenoxy) is 1. The number of hydrogen-bond acceptors (Lipinski definition) is 1. The number of alkyl halides is 1. The molecule has 0 aliphatic carbocycles. The van der Waals surface area contributed by atoms with Gasteiger partial charge in [0.15, 0.2) is 0 Å². The van der Waals surface area contributed by atoms with Crippen LogP contribution < -0.4 is 4.74 Å². The van der Waals surface area contributed by atoms with E-state index in [0.717, 1.165) is 12.2 Å². The van der Waals surface area contributed by atoms with Crippen LogP contribution in [0.15, 0.2) is 18.2 Å². The average molecular weight is 283 g/mol. The summed E-state index contributed by atoms with van der Waals surface area (Å²) in [5, 5.41) is 0. The minimum Gasteiger partial charge on any atom is -0.493 e. The van der Waals surface area contributed by atoms with Gasteiger partial charge in [-0.15, -0.1) is 11.6 Å². The molecule has 0 spiro atoms. The molecule has 0 atom stereocenters. The second-order valence-electron chi connectivity index (χ2n) is 7.10. The predicted octanol–water partition coefficient (Wildman–Crippen LogP) is 5.29. The topological polar surface area (TPSA) is 9.23 Å². The summed E-state index contributed by atoms with van der Waals surface area (Å²) < 4.78 is 5.89. The summed E-state index contributed by atoms with van der Waals surface area (Å²) in [5.41, 5.74) is 2.86. The Balaban J connectivity index is 3.11. The minimum atomic E-state index is 0.0809. The molecule has 0 bridgehead atoms. The first-order valence-corrected chi connectivity index (χ1v) is 7.53. The molecule has 0 heterocycles.